The Labute approximate surface area is 109 Å². The average molecular weight is 264 g/mol. The summed E-state index contributed by atoms with van der Waals surface area (Å²) in [6.45, 7) is 0.720. The van der Waals surface area contributed by atoms with Crippen LogP contribution in [0.15, 0.2) is 30.5 Å². The summed E-state index contributed by atoms with van der Waals surface area (Å²) in [5, 5.41) is 8.98. The molecule has 2 rings (SSSR count). The number of rotatable bonds is 3. The molecule has 0 unspecified atom stereocenters. The minimum absolute atomic E-state index is 0.442. The Bertz CT molecular complexity index is 559. The van der Waals surface area contributed by atoms with Gasteiger partial charge in [-0.25, -0.2) is 4.98 Å². The van der Waals surface area contributed by atoms with E-state index in [4.69, 9.17) is 16.9 Å². The summed E-state index contributed by atoms with van der Waals surface area (Å²) in [7, 11) is 1.94. The summed E-state index contributed by atoms with van der Waals surface area (Å²) in [5.74, 6) is 0. The van der Waals surface area contributed by atoms with Crippen molar-refractivity contribution in [2.45, 2.75) is 6.54 Å². The van der Waals surface area contributed by atoms with Crippen molar-refractivity contribution in [3.63, 3.8) is 0 Å². The maximum absolute atomic E-state index is 8.98. The molecular formula is C12H10ClN3S. The van der Waals surface area contributed by atoms with E-state index in [1.54, 1.807) is 17.5 Å². The van der Waals surface area contributed by atoms with E-state index in [2.05, 4.69) is 11.1 Å². The molecular weight excluding hydrogens is 254 g/mol. The molecule has 0 bridgehead atoms. The molecule has 0 amide bonds. The molecule has 0 aliphatic carbocycles. The molecule has 0 saturated carbocycles. The SMILES string of the molecule is CN(Cc1ccc(Cl)s1)c1cccnc1C#N. The second-order valence-corrected chi connectivity index (χ2v) is 5.34. The molecule has 2 heterocycles. The predicted octanol–water partition coefficient (Wildman–Crippen LogP) is 3.30. The van der Waals surface area contributed by atoms with E-state index in [0.717, 1.165) is 21.4 Å². The van der Waals surface area contributed by atoms with E-state index in [9.17, 15) is 0 Å². The summed E-state index contributed by atoms with van der Waals surface area (Å²) in [6, 6.07) is 9.68. The van der Waals surface area contributed by atoms with Crippen LogP contribution in [0.1, 0.15) is 10.6 Å². The molecule has 0 aliphatic rings. The first kappa shape index (κ1) is 11.9. The zero-order chi connectivity index (χ0) is 12.3. The van der Waals surface area contributed by atoms with Crippen LogP contribution in [0.4, 0.5) is 5.69 Å². The molecule has 0 radical (unpaired) electrons. The van der Waals surface area contributed by atoms with Crippen LogP contribution in [0.25, 0.3) is 0 Å². The Hall–Kier alpha value is -1.57. The van der Waals surface area contributed by atoms with Crippen LogP contribution in [-0.2, 0) is 6.54 Å². The zero-order valence-corrected chi connectivity index (χ0v) is 10.8. The Morgan fingerprint density at radius 2 is 2.29 bits per heavy atom. The first-order chi connectivity index (χ1) is 8.20. The molecule has 5 heteroatoms. The topological polar surface area (TPSA) is 39.9 Å². The molecule has 0 N–H and O–H groups in total. The van der Waals surface area contributed by atoms with Crippen molar-refractivity contribution >= 4 is 28.6 Å². The molecule has 0 aromatic carbocycles. The van der Waals surface area contributed by atoms with Crippen molar-refractivity contribution in [2.75, 3.05) is 11.9 Å². The molecule has 3 nitrogen and oxygen atoms in total. The van der Waals surface area contributed by atoms with Gasteiger partial charge in [0.05, 0.1) is 16.6 Å². The Morgan fingerprint density at radius 1 is 1.47 bits per heavy atom. The van der Waals surface area contributed by atoms with Gasteiger partial charge >= 0.3 is 0 Å². The number of hydrogen-bond donors (Lipinski definition) is 0. The van der Waals surface area contributed by atoms with E-state index in [1.165, 1.54) is 0 Å². The van der Waals surface area contributed by atoms with Gasteiger partial charge in [0.2, 0.25) is 0 Å². The van der Waals surface area contributed by atoms with Gasteiger partial charge in [0, 0.05) is 18.1 Å². The zero-order valence-electron chi connectivity index (χ0n) is 9.22. The summed E-state index contributed by atoms with van der Waals surface area (Å²) >= 11 is 7.43. The van der Waals surface area contributed by atoms with Gasteiger partial charge in [0.15, 0.2) is 5.69 Å². The van der Waals surface area contributed by atoms with Crippen molar-refractivity contribution < 1.29 is 0 Å². The number of nitriles is 1. The number of thiophene rings is 1. The molecule has 0 spiro atoms. The summed E-state index contributed by atoms with van der Waals surface area (Å²) in [6.07, 6.45) is 1.62. The Balaban J connectivity index is 2.20. The standard InChI is InChI=1S/C12H10ClN3S/c1-16(8-9-4-5-12(13)17-9)11-3-2-6-15-10(11)7-14/h2-6H,8H2,1H3. The van der Waals surface area contributed by atoms with Gasteiger partial charge in [0.25, 0.3) is 0 Å². The molecule has 0 fully saturated rings. The molecule has 0 aliphatic heterocycles. The van der Waals surface area contributed by atoms with Crippen LogP contribution in [0, 0.1) is 11.3 Å². The lowest BCUT2D eigenvalue weighted by atomic mass is 10.3. The maximum Gasteiger partial charge on any atom is 0.163 e. The fourth-order valence-corrected chi connectivity index (χ4v) is 2.69. The van der Waals surface area contributed by atoms with Crippen LogP contribution in [-0.4, -0.2) is 12.0 Å². The van der Waals surface area contributed by atoms with E-state index < -0.39 is 0 Å². The first-order valence-corrected chi connectivity index (χ1v) is 6.20. The number of anilines is 1. The van der Waals surface area contributed by atoms with E-state index >= 15 is 0 Å². The lowest BCUT2D eigenvalue weighted by molar-refractivity contribution is 0.930. The van der Waals surface area contributed by atoms with Gasteiger partial charge in [-0.1, -0.05) is 11.6 Å². The largest absolute Gasteiger partial charge is 0.367 e. The van der Waals surface area contributed by atoms with Crippen LogP contribution in [0.2, 0.25) is 4.34 Å². The first-order valence-electron chi connectivity index (χ1n) is 5.01. The Morgan fingerprint density at radius 3 is 2.94 bits per heavy atom. The monoisotopic (exact) mass is 263 g/mol. The number of pyridine rings is 1. The second kappa shape index (κ2) is 5.17. The van der Waals surface area contributed by atoms with Crippen molar-refractivity contribution in [2.24, 2.45) is 0 Å². The fourth-order valence-electron chi connectivity index (χ4n) is 1.55. The maximum atomic E-state index is 8.98. The highest BCUT2D eigenvalue weighted by Crippen LogP contribution is 2.25. The highest BCUT2D eigenvalue weighted by atomic mass is 35.5. The smallest absolute Gasteiger partial charge is 0.163 e. The van der Waals surface area contributed by atoms with Gasteiger partial charge in [-0.15, -0.1) is 11.3 Å². The summed E-state index contributed by atoms with van der Waals surface area (Å²) in [4.78, 5) is 7.19. The highest BCUT2D eigenvalue weighted by Gasteiger charge is 2.09. The number of aromatic nitrogens is 1. The fraction of sp³-hybridized carbons (Fsp3) is 0.167. The quantitative estimate of drug-likeness (QED) is 0.853. The van der Waals surface area contributed by atoms with Crippen LogP contribution in [0.3, 0.4) is 0 Å². The lowest BCUT2D eigenvalue weighted by Crippen LogP contribution is -2.17. The second-order valence-electron chi connectivity index (χ2n) is 3.54. The van der Waals surface area contributed by atoms with Crippen LogP contribution >= 0.6 is 22.9 Å². The number of halogens is 1. The van der Waals surface area contributed by atoms with E-state index in [-0.39, 0.29) is 0 Å². The third-order valence-electron chi connectivity index (χ3n) is 2.33. The Kier molecular flexibility index (Phi) is 3.62. The van der Waals surface area contributed by atoms with Crippen molar-refractivity contribution in [1.29, 1.82) is 5.26 Å². The molecule has 86 valence electrons. The predicted molar refractivity (Wildman–Crippen MR) is 70.4 cm³/mol. The summed E-state index contributed by atoms with van der Waals surface area (Å²) in [5.41, 5.74) is 1.28. The van der Waals surface area contributed by atoms with E-state index in [0.29, 0.717) is 5.69 Å². The third kappa shape index (κ3) is 2.76. The summed E-state index contributed by atoms with van der Waals surface area (Å²) < 4.78 is 0.778. The molecule has 17 heavy (non-hydrogen) atoms. The van der Waals surface area contributed by atoms with Crippen LogP contribution in [0.5, 0.6) is 0 Å². The van der Waals surface area contributed by atoms with Gasteiger partial charge in [-0.05, 0) is 24.3 Å². The van der Waals surface area contributed by atoms with Gasteiger partial charge in [-0.3, -0.25) is 0 Å². The number of hydrogen-bond acceptors (Lipinski definition) is 4. The van der Waals surface area contributed by atoms with Gasteiger partial charge in [0.1, 0.15) is 6.07 Å². The highest BCUT2D eigenvalue weighted by molar-refractivity contribution is 7.16. The van der Waals surface area contributed by atoms with Crippen molar-refractivity contribution in [1.82, 2.24) is 4.98 Å². The van der Waals surface area contributed by atoms with E-state index in [1.807, 2.05) is 36.2 Å². The minimum Gasteiger partial charge on any atom is -0.367 e. The minimum atomic E-state index is 0.442. The molecule has 2 aromatic rings. The van der Waals surface area contributed by atoms with Crippen molar-refractivity contribution in [3.8, 4) is 6.07 Å². The third-order valence-corrected chi connectivity index (χ3v) is 3.54. The normalized spacial score (nSPS) is 9.94. The van der Waals surface area contributed by atoms with Crippen LogP contribution < -0.4 is 4.90 Å². The molecule has 0 atom stereocenters. The average Bonchev–Trinajstić information content (AvgIpc) is 2.74. The molecule has 0 saturated heterocycles. The molecule has 2 aromatic heterocycles. The number of nitrogens with zero attached hydrogens (tertiary/aromatic N) is 3. The van der Waals surface area contributed by atoms with Gasteiger partial charge < -0.3 is 4.90 Å². The van der Waals surface area contributed by atoms with Crippen molar-refractivity contribution in [3.05, 3.63) is 45.4 Å². The van der Waals surface area contributed by atoms with Gasteiger partial charge in [-0.2, -0.15) is 5.26 Å². The lowest BCUT2D eigenvalue weighted by Gasteiger charge is -2.18.